The fourth-order valence-corrected chi connectivity index (χ4v) is 5.83. The number of benzene rings is 1. The number of aliphatic hydroxyl groups excluding tert-OH is 1. The molecule has 7 heteroatoms. The Morgan fingerprint density at radius 2 is 1.93 bits per heavy atom. The third kappa shape index (κ3) is 2.81. The highest BCUT2D eigenvalue weighted by Crippen LogP contribution is 2.43. The molecule has 3 aliphatic heterocycles. The van der Waals surface area contributed by atoms with E-state index in [9.17, 15) is 14.7 Å². The Bertz CT molecular complexity index is 804. The van der Waals surface area contributed by atoms with E-state index in [1.807, 2.05) is 17.0 Å². The van der Waals surface area contributed by atoms with Gasteiger partial charge < -0.3 is 5.11 Å². The Morgan fingerprint density at radius 1 is 1.18 bits per heavy atom. The topological polar surface area (TPSA) is 64.1 Å². The molecule has 1 aliphatic carbocycles. The van der Waals surface area contributed by atoms with Crippen LogP contribution in [0.2, 0.25) is 5.02 Å². The van der Waals surface area contributed by atoms with Gasteiger partial charge >= 0.3 is 0 Å². The Morgan fingerprint density at radius 3 is 2.64 bits per heavy atom. The average molecular weight is 404 g/mol. The first-order valence-corrected chi connectivity index (χ1v) is 10.6. The second-order valence-electron chi connectivity index (χ2n) is 8.79. The summed E-state index contributed by atoms with van der Waals surface area (Å²) in [6.45, 7) is 1.98. The van der Waals surface area contributed by atoms with E-state index < -0.39 is 17.7 Å². The lowest BCUT2D eigenvalue weighted by Crippen LogP contribution is -2.82. The van der Waals surface area contributed by atoms with Gasteiger partial charge in [-0.25, -0.2) is 0 Å². The first-order valence-electron chi connectivity index (χ1n) is 10.3. The number of likely N-dealkylation sites (tertiary alicyclic amines) is 1. The predicted molar refractivity (Wildman–Crippen MR) is 105 cm³/mol. The highest BCUT2D eigenvalue weighted by Gasteiger charge is 2.64. The zero-order valence-corrected chi connectivity index (χ0v) is 16.6. The van der Waals surface area contributed by atoms with Crippen molar-refractivity contribution in [3.05, 3.63) is 34.9 Å². The van der Waals surface area contributed by atoms with Gasteiger partial charge in [0.25, 0.3) is 5.91 Å². The molecule has 2 amide bonds. The van der Waals surface area contributed by atoms with Gasteiger partial charge in [0.05, 0.1) is 18.7 Å². The summed E-state index contributed by atoms with van der Waals surface area (Å²) >= 11 is 6.09. The summed E-state index contributed by atoms with van der Waals surface area (Å²) in [5.41, 5.74) is 0.181. The Kier molecular flexibility index (Phi) is 4.51. The molecule has 2 unspecified atom stereocenters. The molecular formula is C21H26ClN3O3. The number of halogens is 1. The van der Waals surface area contributed by atoms with Gasteiger partial charge in [0.15, 0.2) is 0 Å². The largest absolute Gasteiger partial charge is 0.392 e. The van der Waals surface area contributed by atoms with Crippen molar-refractivity contribution in [2.75, 3.05) is 19.6 Å². The molecule has 5 rings (SSSR count). The number of piperazine rings is 1. The van der Waals surface area contributed by atoms with E-state index in [-0.39, 0.29) is 18.4 Å². The molecule has 1 aromatic rings. The molecule has 1 aromatic carbocycles. The van der Waals surface area contributed by atoms with E-state index in [0.717, 1.165) is 5.56 Å². The van der Waals surface area contributed by atoms with Gasteiger partial charge in [0.1, 0.15) is 5.54 Å². The summed E-state index contributed by atoms with van der Waals surface area (Å²) in [6.07, 6.45) is 4.76. The van der Waals surface area contributed by atoms with Crippen LogP contribution in [0.3, 0.4) is 0 Å². The van der Waals surface area contributed by atoms with E-state index in [1.54, 1.807) is 12.1 Å². The summed E-state index contributed by atoms with van der Waals surface area (Å²) in [4.78, 5) is 32.5. The van der Waals surface area contributed by atoms with Crippen LogP contribution in [0.5, 0.6) is 0 Å². The highest BCUT2D eigenvalue weighted by molar-refractivity contribution is 6.30. The third-order valence-corrected chi connectivity index (χ3v) is 7.26. The summed E-state index contributed by atoms with van der Waals surface area (Å²) < 4.78 is 0. The lowest BCUT2D eigenvalue weighted by Gasteiger charge is -2.60. The molecule has 4 fully saturated rings. The lowest BCUT2D eigenvalue weighted by molar-refractivity contribution is -0.183. The number of hydrogen-bond acceptors (Lipinski definition) is 5. The van der Waals surface area contributed by atoms with Crippen molar-refractivity contribution >= 4 is 23.4 Å². The molecule has 150 valence electrons. The van der Waals surface area contributed by atoms with Crippen LogP contribution in [0, 0.1) is 0 Å². The van der Waals surface area contributed by atoms with Crippen LogP contribution in [-0.2, 0) is 16.1 Å². The molecule has 1 spiro atoms. The quantitative estimate of drug-likeness (QED) is 0.777. The number of carbonyl (C=O) groups excluding carboxylic acids is 2. The van der Waals surface area contributed by atoms with E-state index >= 15 is 0 Å². The van der Waals surface area contributed by atoms with Crippen molar-refractivity contribution in [3.8, 4) is 0 Å². The number of rotatable bonds is 3. The van der Waals surface area contributed by atoms with Gasteiger partial charge in [0.2, 0.25) is 5.91 Å². The summed E-state index contributed by atoms with van der Waals surface area (Å²) in [5, 5.41) is 10.8. The fourth-order valence-electron chi connectivity index (χ4n) is 5.61. The lowest BCUT2D eigenvalue weighted by atomic mass is 9.81. The van der Waals surface area contributed by atoms with Gasteiger partial charge in [-0.3, -0.25) is 24.3 Å². The molecule has 0 radical (unpaired) electrons. The van der Waals surface area contributed by atoms with Crippen molar-refractivity contribution in [1.29, 1.82) is 0 Å². The molecule has 3 saturated heterocycles. The normalized spacial score (nSPS) is 30.9. The second kappa shape index (κ2) is 6.80. The number of fused-ring (bicyclic) bond motifs is 2. The number of imide groups is 1. The minimum Gasteiger partial charge on any atom is -0.392 e. The minimum absolute atomic E-state index is 0.114. The Balaban J connectivity index is 1.43. The maximum Gasteiger partial charge on any atom is 0.252 e. The maximum absolute atomic E-state index is 13.6. The molecule has 2 atom stereocenters. The number of β-amino-alcohol motifs (C(OH)–C–C–N with tert-alkyl or cyclic N) is 1. The molecule has 28 heavy (non-hydrogen) atoms. The van der Waals surface area contributed by atoms with Crippen molar-refractivity contribution < 1.29 is 14.7 Å². The smallest absolute Gasteiger partial charge is 0.252 e. The molecule has 1 N–H and O–H groups in total. The number of aliphatic hydroxyl groups is 1. The van der Waals surface area contributed by atoms with E-state index in [1.165, 1.54) is 30.6 Å². The average Bonchev–Trinajstić information content (AvgIpc) is 3.28. The first-order chi connectivity index (χ1) is 13.5. The van der Waals surface area contributed by atoms with Crippen molar-refractivity contribution in [1.82, 2.24) is 14.7 Å². The standard InChI is InChI=1S/C21H26ClN3O3/c22-15-5-3-4-14(8-15)10-24-19(27)18-9-17(26)11-25(18)21(20(24)28)12-23(13-21)16-6-1-2-7-16/h3-5,8,16-18,26H,1-2,6-7,9-13H2. The molecule has 4 aliphatic rings. The van der Waals surface area contributed by atoms with Gasteiger partial charge in [0, 0.05) is 30.7 Å². The summed E-state index contributed by atoms with van der Waals surface area (Å²) in [6, 6.07) is 7.47. The van der Waals surface area contributed by atoms with Crippen molar-refractivity contribution in [2.24, 2.45) is 0 Å². The van der Waals surface area contributed by atoms with Gasteiger partial charge in [-0.05, 0) is 37.0 Å². The van der Waals surface area contributed by atoms with Crippen LogP contribution in [0.25, 0.3) is 0 Å². The molecule has 0 aromatic heterocycles. The third-order valence-electron chi connectivity index (χ3n) is 7.02. The van der Waals surface area contributed by atoms with Crippen LogP contribution >= 0.6 is 11.6 Å². The fraction of sp³-hybridized carbons (Fsp3) is 0.619. The van der Waals surface area contributed by atoms with Crippen LogP contribution in [-0.4, -0.2) is 75.0 Å². The molecule has 1 saturated carbocycles. The second-order valence-corrected chi connectivity index (χ2v) is 9.23. The number of nitrogens with zero attached hydrogens (tertiary/aromatic N) is 3. The maximum atomic E-state index is 13.6. The zero-order chi connectivity index (χ0) is 19.5. The van der Waals surface area contributed by atoms with Crippen LogP contribution in [0.1, 0.15) is 37.7 Å². The van der Waals surface area contributed by atoms with Gasteiger partial charge in [-0.1, -0.05) is 36.6 Å². The summed E-state index contributed by atoms with van der Waals surface area (Å²) in [7, 11) is 0. The van der Waals surface area contributed by atoms with Gasteiger partial charge in [-0.2, -0.15) is 0 Å². The number of amides is 2. The van der Waals surface area contributed by atoms with Crippen LogP contribution < -0.4 is 0 Å². The number of hydrogen-bond donors (Lipinski definition) is 1. The highest BCUT2D eigenvalue weighted by atomic mass is 35.5. The molecule has 3 heterocycles. The van der Waals surface area contributed by atoms with Crippen molar-refractivity contribution in [3.63, 3.8) is 0 Å². The molecular weight excluding hydrogens is 378 g/mol. The predicted octanol–water partition coefficient (Wildman–Crippen LogP) is 1.64. The SMILES string of the molecule is O=C1C2CC(O)CN2C2(CN(C3CCCC3)C2)C(=O)N1Cc1cccc(Cl)c1. The Labute approximate surface area is 170 Å². The molecule has 6 nitrogen and oxygen atoms in total. The number of carbonyl (C=O) groups is 2. The zero-order valence-electron chi connectivity index (χ0n) is 15.9. The van der Waals surface area contributed by atoms with Gasteiger partial charge in [-0.15, -0.1) is 0 Å². The minimum atomic E-state index is -0.669. The van der Waals surface area contributed by atoms with E-state index in [0.29, 0.717) is 37.1 Å². The van der Waals surface area contributed by atoms with Crippen LogP contribution in [0.15, 0.2) is 24.3 Å². The van der Waals surface area contributed by atoms with Crippen molar-refractivity contribution in [2.45, 2.75) is 62.4 Å². The van der Waals surface area contributed by atoms with E-state index in [2.05, 4.69) is 4.90 Å². The van der Waals surface area contributed by atoms with Crippen LogP contribution in [0.4, 0.5) is 0 Å². The Hall–Kier alpha value is -1.47. The summed E-state index contributed by atoms with van der Waals surface area (Å²) in [5.74, 6) is -0.302. The first kappa shape index (κ1) is 18.6. The monoisotopic (exact) mass is 403 g/mol. The molecule has 0 bridgehead atoms. The van der Waals surface area contributed by atoms with E-state index in [4.69, 9.17) is 11.6 Å².